The molecule has 4 aliphatic rings. The van der Waals surface area contributed by atoms with Gasteiger partial charge >= 0.3 is 6.03 Å². The monoisotopic (exact) mass is 560 g/mol. The van der Waals surface area contributed by atoms with E-state index in [0.717, 1.165) is 22.5 Å². The number of fused-ring (bicyclic) bond motifs is 2. The minimum absolute atomic E-state index is 0.0222. The van der Waals surface area contributed by atoms with E-state index in [9.17, 15) is 14.4 Å². The van der Waals surface area contributed by atoms with Gasteiger partial charge in [-0.15, -0.1) is 0 Å². The standard InChI is InChI=1S/C35H36N4O3/c1-34(2)23-11-7-9-13-25(23)38(5)27(34)19-17-21-15-16-22(29(21)30-31(40)36-33(42)37-32(30)41)18-20-28-35(3,4)24-12-8-10-14-26(24)39(28)6/h7-14,17-20H,15-16H2,1-6H3,(H2,36,37,40,41,42)/b21-17+,22-18+,27-19+,28-20+. The van der Waals surface area contributed by atoms with Crippen molar-refractivity contribution in [3.05, 3.63) is 118 Å². The molecule has 2 aromatic rings. The number of amides is 4. The van der Waals surface area contributed by atoms with Crippen LogP contribution in [0.4, 0.5) is 16.2 Å². The summed E-state index contributed by atoms with van der Waals surface area (Å²) in [5, 5.41) is 4.53. The molecule has 4 amide bonds. The topological polar surface area (TPSA) is 81.8 Å². The third-order valence-corrected chi connectivity index (χ3v) is 9.23. The molecule has 2 fully saturated rings. The third-order valence-electron chi connectivity index (χ3n) is 9.23. The Kier molecular flexibility index (Phi) is 6.37. The van der Waals surface area contributed by atoms with E-state index >= 15 is 0 Å². The minimum atomic E-state index is -0.799. The van der Waals surface area contributed by atoms with E-state index in [1.54, 1.807) is 0 Å². The van der Waals surface area contributed by atoms with Gasteiger partial charge in [0, 0.05) is 47.7 Å². The Morgan fingerprint density at radius 2 is 1.02 bits per heavy atom. The molecule has 3 aliphatic heterocycles. The van der Waals surface area contributed by atoms with Crippen LogP contribution in [0, 0.1) is 0 Å². The SMILES string of the molecule is CN1/C(=C/C=C2\CC/C(=C\C=C3\N(C)c4ccccc4C3(C)C)C2=C2C(=O)NC(=O)NC2=O)C(C)(C)c2ccccc21. The smallest absolute Gasteiger partial charge is 0.328 e. The first-order chi connectivity index (χ1) is 19.9. The summed E-state index contributed by atoms with van der Waals surface area (Å²) in [6.45, 7) is 8.82. The van der Waals surface area contributed by atoms with Gasteiger partial charge < -0.3 is 9.80 Å². The number of carbonyl (C=O) groups excluding carboxylic acids is 3. The number of hydrogen-bond acceptors (Lipinski definition) is 5. The lowest BCUT2D eigenvalue weighted by atomic mass is 9.83. The lowest BCUT2D eigenvalue weighted by Gasteiger charge is -2.24. The first-order valence-corrected chi connectivity index (χ1v) is 14.3. The van der Waals surface area contributed by atoms with Crippen molar-refractivity contribution in [2.45, 2.75) is 51.4 Å². The maximum Gasteiger partial charge on any atom is 0.328 e. The number of nitrogens with one attached hydrogen (secondary N) is 2. The summed E-state index contributed by atoms with van der Waals surface area (Å²) in [5.41, 5.74) is 9.02. The van der Waals surface area contributed by atoms with Gasteiger partial charge in [0.15, 0.2) is 0 Å². The molecule has 3 heterocycles. The Balaban J connectivity index is 1.45. The second-order valence-corrected chi connectivity index (χ2v) is 12.4. The highest BCUT2D eigenvalue weighted by molar-refractivity contribution is 6.30. The molecule has 0 aromatic heterocycles. The van der Waals surface area contributed by atoms with Gasteiger partial charge in [0.2, 0.25) is 0 Å². The van der Waals surface area contributed by atoms with Gasteiger partial charge in [0.1, 0.15) is 5.57 Å². The number of barbiturate groups is 1. The van der Waals surface area contributed by atoms with Crippen LogP contribution in [-0.4, -0.2) is 31.9 Å². The maximum absolute atomic E-state index is 13.1. The number of urea groups is 1. The largest absolute Gasteiger partial charge is 0.347 e. The zero-order valence-corrected chi connectivity index (χ0v) is 25.0. The van der Waals surface area contributed by atoms with Crippen molar-refractivity contribution in [1.29, 1.82) is 0 Å². The van der Waals surface area contributed by atoms with Crippen LogP contribution >= 0.6 is 0 Å². The van der Waals surface area contributed by atoms with Gasteiger partial charge in [-0.1, -0.05) is 76.2 Å². The van der Waals surface area contributed by atoms with Crippen LogP contribution in [-0.2, 0) is 20.4 Å². The Labute approximate surface area is 247 Å². The summed E-state index contributed by atoms with van der Waals surface area (Å²) in [7, 11) is 4.13. The number of imide groups is 2. The van der Waals surface area contributed by atoms with E-state index < -0.39 is 17.8 Å². The number of hydrogen-bond donors (Lipinski definition) is 2. The lowest BCUT2D eigenvalue weighted by molar-refractivity contribution is -0.124. The van der Waals surface area contributed by atoms with Crippen LogP contribution in [0.3, 0.4) is 0 Å². The number of para-hydroxylation sites is 2. The average molecular weight is 561 g/mol. The predicted octanol–water partition coefficient (Wildman–Crippen LogP) is 5.92. The molecular weight excluding hydrogens is 524 g/mol. The number of nitrogens with zero attached hydrogens (tertiary/aromatic N) is 2. The highest BCUT2D eigenvalue weighted by Crippen LogP contribution is 2.48. The molecule has 1 saturated heterocycles. The fourth-order valence-corrected chi connectivity index (χ4v) is 7.04. The van der Waals surface area contributed by atoms with E-state index in [4.69, 9.17) is 0 Å². The van der Waals surface area contributed by atoms with Crippen molar-refractivity contribution >= 4 is 29.2 Å². The minimum Gasteiger partial charge on any atom is -0.347 e. The van der Waals surface area contributed by atoms with Crippen LogP contribution < -0.4 is 20.4 Å². The summed E-state index contributed by atoms with van der Waals surface area (Å²) in [6.07, 6.45) is 9.62. The van der Waals surface area contributed by atoms with Crippen molar-refractivity contribution in [3.63, 3.8) is 0 Å². The molecule has 7 heteroatoms. The summed E-state index contributed by atoms with van der Waals surface area (Å²) < 4.78 is 0. The number of carbonyl (C=O) groups is 3. The van der Waals surface area contributed by atoms with Gasteiger partial charge in [-0.05, 0) is 65.0 Å². The molecule has 1 saturated carbocycles. The summed E-state index contributed by atoms with van der Waals surface area (Å²) >= 11 is 0. The normalized spacial score (nSPS) is 24.7. The highest BCUT2D eigenvalue weighted by atomic mass is 16.2. The Morgan fingerprint density at radius 1 is 0.619 bits per heavy atom. The van der Waals surface area contributed by atoms with E-state index in [1.807, 2.05) is 24.3 Å². The average Bonchev–Trinajstić information content (AvgIpc) is 3.48. The van der Waals surface area contributed by atoms with Gasteiger partial charge in [-0.25, -0.2) is 4.79 Å². The Hall–Kier alpha value is -4.65. The van der Waals surface area contributed by atoms with Crippen LogP contribution in [0.25, 0.3) is 0 Å². The Morgan fingerprint density at radius 3 is 1.43 bits per heavy atom. The van der Waals surface area contributed by atoms with E-state index in [2.05, 4.69) is 111 Å². The van der Waals surface area contributed by atoms with Gasteiger partial charge in [0.05, 0.1) is 0 Å². The van der Waals surface area contributed by atoms with Gasteiger partial charge in [-0.3, -0.25) is 20.2 Å². The second kappa shape index (κ2) is 9.72. The molecule has 7 nitrogen and oxygen atoms in total. The Bertz CT molecular complexity index is 1600. The van der Waals surface area contributed by atoms with Crippen LogP contribution in [0.1, 0.15) is 51.7 Å². The molecule has 2 N–H and O–H groups in total. The molecule has 6 rings (SSSR count). The first kappa shape index (κ1) is 27.5. The van der Waals surface area contributed by atoms with Gasteiger partial charge in [0.25, 0.3) is 11.8 Å². The van der Waals surface area contributed by atoms with E-state index in [-0.39, 0.29) is 16.4 Å². The molecule has 0 bridgehead atoms. The van der Waals surface area contributed by atoms with Gasteiger partial charge in [-0.2, -0.15) is 0 Å². The van der Waals surface area contributed by atoms with Crippen molar-refractivity contribution in [1.82, 2.24) is 10.6 Å². The number of allylic oxidation sites excluding steroid dienone is 9. The molecular formula is C35H36N4O3. The lowest BCUT2D eigenvalue weighted by Crippen LogP contribution is -2.52. The number of anilines is 2. The quantitative estimate of drug-likeness (QED) is 0.352. The van der Waals surface area contributed by atoms with Crippen LogP contribution in [0.15, 0.2) is 107 Å². The first-order valence-electron chi connectivity index (χ1n) is 14.3. The zero-order chi connectivity index (χ0) is 30.0. The zero-order valence-electron chi connectivity index (χ0n) is 25.0. The molecule has 0 spiro atoms. The highest BCUT2D eigenvalue weighted by Gasteiger charge is 2.40. The molecule has 0 unspecified atom stereocenters. The summed E-state index contributed by atoms with van der Waals surface area (Å²) in [4.78, 5) is 42.4. The summed E-state index contributed by atoms with van der Waals surface area (Å²) in [6, 6.07) is 16.0. The predicted molar refractivity (Wildman–Crippen MR) is 166 cm³/mol. The second-order valence-electron chi connectivity index (χ2n) is 12.4. The summed E-state index contributed by atoms with van der Waals surface area (Å²) in [5.74, 6) is -1.34. The number of benzene rings is 2. The van der Waals surface area contributed by atoms with Crippen molar-refractivity contribution in [3.8, 4) is 0 Å². The van der Waals surface area contributed by atoms with Crippen LogP contribution in [0.5, 0.6) is 0 Å². The fraction of sp³-hybridized carbons (Fsp3) is 0.286. The van der Waals surface area contributed by atoms with Crippen molar-refractivity contribution < 1.29 is 14.4 Å². The molecule has 0 atom stereocenters. The molecule has 0 radical (unpaired) electrons. The molecule has 2 aromatic carbocycles. The molecule has 214 valence electrons. The third kappa shape index (κ3) is 4.14. The number of likely N-dealkylation sites (N-methyl/N-ethyl adjacent to an activating group) is 2. The molecule has 42 heavy (non-hydrogen) atoms. The van der Waals surface area contributed by atoms with Crippen molar-refractivity contribution in [2.24, 2.45) is 0 Å². The maximum atomic E-state index is 13.1. The van der Waals surface area contributed by atoms with Crippen LogP contribution in [0.2, 0.25) is 0 Å². The number of rotatable bonds is 2. The van der Waals surface area contributed by atoms with Crippen molar-refractivity contribution in [2.75, 3.05) is 23.9 Å². The fourth-order valence-electron chi connectivity index (χ4n) is 7.04. The van der Waals surface area contributed by atoms with E-state index in [1.165, 1.54) is 22.5 Å². The molecule has 1 aliphatic carbocycles. The van der Waals surface area contributed by atoms with E-state index in [0.29, 0.717) is 18.4 Å².